The van der Waals surface area contributed by atoms with E-state index in [2.05, 4.69) is 28.7 Å². The van der Waals surface area contributed by atoms with E-state index < -0.39 is 0 Å². The molecule has 1 aromatic heterocycles. The number of hydrogen-bond acceptors (Lipinski definition) is 2. The number of hydrogen-bond donors (Lipinski definition) is 1. The first kappa shape index (κ1) is 14.0. The van der Waals surface area contributed by atoms with E-state index in [0.29, 0.717) is 5.92 Å². The van der Waals surface area contributed by atoms with Gasteiger partial charge in [-0.1, -0.05) is 13.8 Å². The molecular weight excluding hydrogens is 241 g/mol. The molecule has 1 heterocycles. The Hall–Kier alpha value is -1.42. The van der Waals surface area contributed by atoms with E-state index >= 15 is 0 Å². The first-order valence-corrected chi connectivity index (χ1v) is 6.91. The van der Waals surface area contributed by atoms with Gasteiger partial charge >= 0.3 is 0 Å². The van der Waals surface area contributed by atoms with Gasteiger partial charge in [0.25, 0.3) is 0 Å². The van der Waals surface area contributed by atoms with Crippen LogP contribution in [0.4, 0.5) is 4.39 Å². The van der Waals surface area contributed by atoms with Crippen LogP contribution in [0.1, 0.15) is 26.1 Å². The number of halogens is 1. The van der Waals surface area contributed by atoms with Gasteiger partial charge in [-0.25, -0.2) is 9.37 Å². The molecule has 0 radical (unpaired) electrons. The lowest BCUT2D eigenvalue weighted by molar-refractivity contribution is 0.510. The Labute approximate surface area is 113 Å². The summed E-state index contributed by atoms with van der Waals surface area (Å²) in [6.07, 6.45) is 1.97. The summed E-state index contributed by atoms with van der Waals surface area (Å²) in [4.78, 5) is 4.57. The molecule has 4 heteroatoms. The van der Waals surface area contributed by atoms with Crippen LogP contribution in [-0.4, -0.2) is 23.1 Å². The maximum Gasteiger partial charge on any atom is 0.125 e. The highest BCUT2D eigenvalue weighted by Gasteiger charge is 2.11. The molecule has 2 rings (SSSR count). The number of fused-ring (bicyclic) bond motifs is 1. The quantitative estimate of drug-likeness (QED) is 0.868. The van der Waals surface area contributed by atoms with E-state index in [1.54, 1.807) is 0 Å². The summed E-state index contributed by atoms with van der Waals surface area (Å²) < 4.78 is 15.5. The van der Waals surface area contributed by atoms with Crippen molar-refractivity contribution in [1.29, 1.82) is 0 Å². The third kappa shape index (κ3) is 3.32. The highest BCUT2D eigenvalue weighted by Crippen LogP contribution is 2.19. The number of benzene rings is 1. The summed E-state index contributed by atoms with van der Waals surface area (Å²) in [5.74, 6) is 1.46. The van der Waals surface area contributed by atoms with Crippen LogP contribution in [0.3, 0.4) is 0 Å². The van der Waals surface area contributed by atoms with Crippen molar-refractivity contribution in [3.63, 3.8) is 0 Å². The van der Waals surface area contributed by atoms with Crippen molar-refractivity contribution < 1.29 is 4.39 Å². The fourth-order valence-electron chi connectivity index (χ4n) is 2.22. The molecule has 0 aliphatic carbocycles. The highest BCUT2D eigenvalue weighted by molar-refractivity contribution is 5.76. The van der Waals surface area contributed by atoms with Crippen LogP contribution in [0.5, 0.6) is 0 Å². The predicted octanol–water partition coefficient (Wildman–Crippen LogP) is 2.98. The number of imidazole rings is 1. The van der Waals surface area contributed by atoms with Crippen LogP contribution >= 0.6 is 0 Å². The minimum atomic E-state index is -0.221. The van der Waals surface area contributed by atoms with Gasteiger partial charge in [0.2, 0.25) is 0 Å². The maximum atomic E-state index is 13.3. The Morgan fingerprint density at radius 2 is 2.16 bits per heavy atom. The van der Waals surface area contributed by atoms with E-state index in [-0.39, 0.29) is 5.82 Å². The molecule has 0 bridgehead atoms. The van der Waals surface area contributed by atoms with E-state index in [9.17, 15) is 4.39 Å². The van der Waals surface area contributed by atoms with E-state index in [4.69, 9.17) is 0 Å². The number of likely N-dealkylation sites (N-methyl/N-ethyl adjacent to an activating group) is 1. The third-order valence-corrected chi connectivity index (χ3v) is 3.32. The number of rotatable bonds is 6. The van der Waals surface area contributed by atoms with Gasteiger partial charge in [-0.05, 0) is 31.5 Å². The molecule has 0 aliphatic heterocycles. The predicted molar refractivity (Wildman–Crippen MR) is 76.8 cm³/mol. The number of nitrogens with zero attached hydrogens (tertiary/aromatic N) is 2. The van der Waals surface area contributed by atoms with Gasteiger partial charge in [0, 0.05) is 25.6 Å². The second-order valence-corrected chi connectivity index (χ2v) is 5.35. The maximum absolute atomic E-state index is 13.3. The van der Waals surface area contributed by atoms with Gasteiger partial charge < -0.3 is 9.88 Å². The Balaban J connectivity index is 2.36. The second-order valence-electron chi connectivity index (χ2n) is 5.35. The van der Waals surface area contributed by atoms with Gasteiger partial charge in [-0.3, -0.25) is 0 Å². The molecule has 0 unspecified atom stereocenters. The van der Waals surface area contributed by atoms with Crippen molar-refractivity contribution in [2.45, 2.75) is 33.2 Å². The lowest BCUT2D eigenvalue weighted by Gasteiger charge is -2.11. The van der Waals surface area contributed by atoms with Crippen LogP contribution in [-0.2, 0) is 13.0 Å². The zero-order chi connectivity index (χ0) is 13.8. The molecule has 2 aromatic rings. The third-order valence-electron chi connectivity index (χ3n) is 3.32. The summed E-state index contributed by atoms with van der Waals surface area (Å²) in [5.41, 5.74) is 1.79. The van der Waals surface area contributed by atoms with Crippen LogP contribution in [0.2, 0.25) is 0 Å². The molecule has 0 saturated carbocycles. The number of nitrogens with one attached hydrogen (secondary N) is 1. The van der Waals surface area contributed by atoms with Crippen molar-refractivity contribution in [2.75, 3.05) is 13.6 Å². The average molecular weight is 263 g/mol. The first-order chi connectivity index (χ1) is 9.11. The van der Waals surface area contributed by atoms with Crippen LogP contribution in [0, 0.1) is 11.7 Å². The Bertz CT molecular complexity index is 546. The molecule has 0 spiro atoms. The Morgan fingerprint density at radius 1 is 1.37 bits per heavy atom. The lowest BCUT2D eigenvalue weighted by Crippen LogP contribution is -2.14. The topological polar surface area (TPSA) is 29.9 Å². The molecular formula is C15H22FN3. The normalized spacial score (nSPS) is 11.6. The van der Waals surface area contributed by atoms with Gasteiger partial charge in [-0.15, -0.1) is 0 Å². The van der Waals surface area contributed by atoms with Crippen molar-refractivity contribution in [3.05, 3.63) is 29.8 Å². The van der Waals surface area contributed by atoms with Crippen molar-refractivity contribution in [3.8, 4) is 0 Å². The molecule has 0 aliphatic rings. The van der Waals surface area contributed by atoms with Crippen LogP contribution < -0.4 is 5.32 Å². The molecule has 0 atom stereocenters. The van der Waals surface area contributed by atoms with Gasteiger partial charge in [0.15, 0.2) is 0 Å². The van der Waals surface area contributed by atoms with Crippen LogP contribution in [0.25, 0.3) is 11.0 Å². The zero-order valence-electron chi connectivity index (χ0n) is 11.9. The van der Waals surface area contributed by atoms with Crippen molar-refractivity contribution >= 4 is 11.0 Å². The van der Waals surface area contributed by atoms with Gasteiger partial charge in [-0.2, -0.15) is 0 Å². The molecule has 1 aromatic carbocycles. The van der Waals surface area contributed by atoms with E-state index in [1.165, 1.54) is 12.1 Å². The molecule has 0 fully saturated rings. The minimum Gasteiger partial charge on any atom is -0.328 e. The van der Waals surface area contributed by atoms with E-state index in [0.717, 1.165) is 42.8 Å². The Kier molecular flexibility index (Phi) is 4.53. The SMILES string of the molecule is CNCCc1nc2cc(F)ccc2n1CCC(C)C. The summed E-state index contributed by atoms with van der Waals surface area (Å²) in [6, 6.07) is 4.86. The number of aryl methyl sites for hydroxylation is 1. The smallest absolute Gasteiger partial charge is 0.125 e. The van der Waals surface area contributed by atoms with Crippen molar-refractivity contribution in [1.82, 2.24) is 14.9 Å². The monoisotopic (exact) mass is 263 g/mol. The summed E-state index contributed by atoms with van der Waals surface area (Å²) >= 11 is 0. The van der Waals surface area contributed by atoms with Gasteiger partial charge in [0.1, 0.15) is 11.6 Å². The van der Waals surface area contributed by atoms with Crippen LogP contribution in [0.15, 0.2) is 18.2 Å². The zero-order valence-corrected chi connectivity index (χ0v) is 11.9. The molecule has 19 heavy (non-hydrogen) atoms. The molecule has 104 valence electrons. The summed E-state index contributed by atoms with van der Waals surface area (Å²) in [5, 5.41) is 3.14. The lowest BCUT2D eigenvalue weighted by atomic mass is 10.1. The minimum absolute atomic E-state index is 0.221. The fourth-order valence-corrected chi connectivity index (χ4v) is 2.22. The fraction of sp³-hybridized carbons (Fsp3) is 0.533. The highest BCUT2D eigenvalue weighted by atomic mass is 19.1. The summed E-state index contributed by atoms with van der Waals surface area (Å²) in [7, 11) is 1.93. The largest absolute Gasteiger partial charge is 0.328 e. The number of aromatic nitrogens is 2. The standard InChI is InChI=1S/C15H22FN3/c1-11(2)7-9-19-14-5-4-12(16)10-13(14)18-15(19)6-8-17-3/h4-5,10-11,17H,6-9H2,1-3H3. The molecule has 3 nitrogen and oxygen atoms in total. The molecule has 1 N–H and O–H groups in total. The first-order valence-electron chi connectivity index (χ1n) is 6.91. The molecule has 0 saturated heterocycles. The Morgan fingerprint density at radius 3 is 2.84 bits per heavy atom. The summed E-state index contributed by atoms with van der Waals surface area (Å²) in [6.45, 7) is 6.25. The van der Waals surface area contributed by atoms with Gasteiger partial charge in [0.05, 0.1) is 11.0 Å². The van der Waals surface area contributed by atoms with E-state index in [1.807, 2.05) is 13.1 Å². The average Bonchev–Trinajstić information content (AvgIpc) is 2.70. The molecule has 0 amide bonds. The second kappa shape index (κ2) is 6.15. The van der Waals surface area contributed by atoms with Crippen molar-refractivity contribution in [2.24, 2.45) is 5.92 Å².